The predicted octanol–water partition coefficient (Wildman–Crippen LogP) is -2.58. The zero-order valence-corrected chi connectivity index (χ0v) is 11.4. The van der Waals surface area contributed by atoms with E-state index in [1.54, 1.807) is 0 Å². The van der Waals surface area contributed by atoms with Gasteiger partial charge in [-0.25, -0.2) is 4.79 Å². The van der Waals surface area contributed by atoms with E-state index in [-0.39, 0.29) is 13.0 Å². The van der Waals surface area contributed by atoms with Crippen molar-refractivity contribution in [3.05, 3.63) is 0 Å². The van der Waals surface area contributed by atoms with Gasteiger partial charge in [0.25, 0.3) is 0 Å². The largest absolute Gasteiger partial charge is 0.479 e. The number of carboxylic acid groups (broad SMARTS) is 1. The lowest BCUT2D eigenvalue weighted by molar-refractivity contribution is -0.310. The minimum absolute atomic E-state index is 0.0770. The topological polar surface area (TPSA) is 157 Å². The van der Waals surface area contributed by atoms with Gasteiger partial charge in [-0.15, -0.1) is 0 Å². The van der Waals surface area contributed by atoms with Crippen molar-refractivity contribution < 1.29 is 44.9 Å². The molecule has 1 rings (SSSR count). The summed E-state index contributed by atoms with van der Waals surface area (Å²) in [4.78, 5) is 11.1. The number of aliphatic carboxylic acids is 1. The van der Waals surface area contributed by atoms with Crippen molar-refractivity contribution in [2.45, 2.75) is 56.1 Å². The molecule has 0 radical (unpaired) electrons. The number of ether oxygens (including phenoxy) is 2. The Balaban J connectivity index is 2.66. The van der Waals surface area contributed by atoms with Crippen LogP contribution in [0.15, 0.2) is 0 Å². The third-order valence-corrected chi connectivity index (χ3v) is 3.30. The van der Waals surface area contributed by atoms with Crippen LogP contribution in [0.4, 0.5) is 0 Å². The molecule has 0 aromatic carbocycles. The summed E-state index contributed by atoms with van der Waals surface area (Å²) in [7, 11) is 0. The molecule has 1 saturated heterocycles. The highest BCUT2D eigenvalue weighted by Gasteiger charge is 2.45. The van der Waals surface area contributed by atoms with Gasteiger partial charge in [-0.3, -0.25) is 0 Å². The summed E-state index contributed by atoms with van der Waals surface area (Å²) in [5.41, 5.74) is 0. The fourth-order valence-electron chi connectivity index (χ4n) is 2.03. The van der Waals surface area contributed by atoms with Gasteiger partial charge in [0.15, 0.2) is 12.4 Å². The number of rotatable bonds is 8. The summed E-state index contributed by atoms with van der Waals surface area (Å²) < 4.78 is 10.2. The lowest BCUT2D eigenvalue weighted by Crippen LogP contribution is -2.60. The van der Waals surface area contributed by atoms with Crippen molar-refractivity contribution in [2.75, 3.05) is 13.2 Å². The van der Waals surface area contributed by atoms with Crippen LogP contribution in [0.2, 0.25) is 0 Å². The molecule has 1 aliphatic rings. The molecule has 21 heavy (non-hydrogen) atoms. The molecule has 0 bridgehead atoms. The average Bonchev–Trinajstić information content (AvgIpc) is 2.46. The van der Waals surface area contributed by atoms with Crippen LogP contribution in [0.1, 0.15) is 19.3 Å². The van der Waals surface area contributed by atoms with Crippen LogP contribution >= 0.6 is 0 Å². The van der Waals surface area contributed by atoms with Crippen LogP contribution in [0.25, 0.3) is 0 Å². The fourth-order valence-corrected chi connectivity index (χ4v) is 2.03. The first-order valence-electron chi connectivity index (χ1n) is 6.72. The zero-order chi connectivity index (χ0) is 16.0. The molecule has 124 valence electrons. The van der Waals surface area contributed by atoms with E-state index < -0.39 is 49.4 Å². The number of aliphatic hydroxyl groups excluding tert-OH is 5. The number of unbranched alkanes of at least 4 members (excludes halogenated alkanes) is 1. The lowest BCUT2D eigenvalue weighted by atomic mass is 9.99. The minimum atomic E-state index is -1.64. The summed E-state index contributed by atoms with van der Waals surface area (Å²) in [6.07, 6.45) is -7.82. The van der Waals surface area contributed by atoms with Crippen molar-refractivity contribution in [3.63, 3.8) is 0 Å². The van der Waals surface area contributed by atoms with Crippen LogP contribution < -0.4 is 0 Å². The molecule has 0 aliphatic carbocycles. The fraction of sp³-hybridized carbons (Fsp3) is 0.917. The summed E-state index contributed by atoms with van der Waals surface area (Å²) in [5, 5.41) is 55.7. The first-order valence-corrected chi connectivity index (χ1v) is 6.72. The van der Waals surface area contributed by atoms with Crippen LogP contribution in [0, 0.1) is 0 Å². The molecule has 0 aromatic heterocycles. The molecule has 9 heteroatoms. The van der Waals surface area contributed by atoms with E-state index in [4.69, 9.17) is 24.8 Å². The summed E-state index contributed by atoms with van der Waals surface area (Å²) in [6, 6.07) is 0. The van der Waals surface area contributed by atoms with E-state index in [9.17, 15) is 20.1 Å². The summed E-state index contributed by atoms with van der Waals surface area (Å²) >= 11 is 0. The van der Waals surface area contributed by atoms with Gasteiger partial charge in [-0.05, 0) is 19.3 Å². The van der Waals surface area contributed by atoms with E-state index in [0.29, 0.717) is 12.8 Å². The number of hydrogen-bond acceptors (Lipinski definition) is 8. The average molecular weight is 310 g/mol. The maximum absolute atomic E-state index is 11.1. The molecule has 6 unspecified atom stereocenters. The molecular formula is C12H22O9. The molecular weight excluding hydrogens is 288 g/mol. The van der Waals surface area contributed by atoms with Gasteiger partial charge in [0.2, 0.25) is 0 Å². The van der Waals surface area contributed by atoms with E-state index in [1.165, 1.54) is 0 Å². The van der Waals surface area contributed by atoms with Gasteiger partial charge in [-0.2, -0.15) is 0 Å². The Morgan fingerprint density at radius 3 is 2.29 bits per heavy atom. The SMILES string of the molecule is O=C(O)C(CCCCO)OC1OC(CO)C(O)C(O)C1O. The Morgan fingerprint density at radius 1 is 1.10 bits per heavy atom. The predicted molar refractivity (Wildman–Crippen MR) is 67.2 cm³/mol. The molecule has 0 saturated carbocycles. The molecule has 1 fully saturated rings. The minimum Gasteiger partial charge on any atom is -0.479 e. The van der Waals surface area contributed by atoms with Crippen LogP contribution in [0.5, 0.6) is 0 Å². The summed E-state index contributed by atoms with van der Waals surface area (Å²) in [6.45, 7) is -0.695. The molecule has 9 nitrogen and oxygen atoms in total. The van der Waals surface area contributed by atoms with Crippen molar-refractivity contribution in [2.24, 2.45) is 0 Å². The molecule has 6 N–H and O–H groups in total. The zero-order valence-electron chi connectivity index (χ0n) is 11.4. The second-order valence-corrected chi connectivity index (χ2v) is 4.88. The van der Waals surface area contributed by atoms with Crippen LogP contribution in [-0.4, -0.2) is 86.6 Å². The Hall–Kier alpha value is -0.810. The van der Waals surface area contributed by atoms with Gasteiger partial charge >= 0.3 is 5.97 Å². The molecule has 1 aliphatic heterocycles. The second kappa shape index (κ2) is 8.59. The van der Waals surface area contributed by atoms with Gasteiger partial charge in [0, 0.05) is 6.61 Å². The first kappa shape index (κ1) is 18.2. The van der Waals surface area contributed by atoms with E-state index in [2.05, 4.69) is 0 Å². The molecule has 0 spiro atoms. The quantitative estimate of drug-likeness (QED) is 0.265. The monoisotopic (exact) mass is 310 g/mol. The van der Waals surface area contributed by atoms with Crippen molar-refractivity contribution in [3.8, 4) is 0 Å². The maximum Gasteiger partial charge on any atom is 0.332 e. The maximum atomic E-state index is 11.1. The second-order valence-electron chi connectivity index (χ2n) is 4.88. The number of carboxylic acids is 1. The van der Waals surface area contributed by atoms with Gasteiger partial charge in [0.05, 0.1) is 6.61 Å². The summed E-state index contributed by atoms with van der Waals surface area (Å²) in [5.74, 6) is -1.27. The smallest absolute Gasteiger partial charge is 0.332 e. The Morgan fingerprint density at radius 2 is 1.76 bits per heavy atom. The highest BCUT2D eigenvalue weighted by Crippen LogP contribution is 2.23. The Labute approximate surface area is 121 Å². The third kappa shape index (κ3) is 4.85. The van der Waals surface area contributed by atoms with Gasteiger partial charge < -0.3 is 40.1 Å². The van der Waals surface area contributed by atoms with E-state index in [1.807, 2.05) is 0 Å². The molecule has 1 heterocycles. The molecule has 0 amide bonds. The number of carbonyl (C=O) groups is 1. The molecule has 0 aromatic rings. The van der Waals surface area contributed by atoms with Gasteiger partial charge in [-0.1, -0.05) is 0 Å². The van der Waals surface area contributed by atoms with Gasteiger partial charge in [0.1, 0.15) is 24.4 Å². The first-order chi connectivity index (χ1) is 9.92. The van der Waals surface area contributed by atoms with Crippen molar-refractivity contribution >= 4 is 5.97 Å². The lowest BCUT2D eigenvalue weighted by Gasteiger charge is -2.40. The Kier molecular flexibility index (Phi) is 7.46. The normalized spacial score (nSPS) is 34.6. The molecule has 6 atom stereocenters. The van der Waals surface area contributed by atoms with E-state index >= 15 is 0 Å². The van der Waals surface area contributed by atoms with Crippen LogP contribution in [-0.2, 0) is 14.3 Å². The van der Waals surface area contributed by atoms with Crippen molar-refractivity contribution in [1.29, 1.82) is 0 Å². The standard InChI is InChI=1S/C12H22O9/c13-4-2-1-3-6(11(18)19)20-12-10(17)9(16)8(15)7(5-14)21-12/h6-10,12-17H,1-5H2,(H,18,19). The Bertz CT molecular complexity index is 322. The number of hydrogen-bond donors (Lipinski definition) is 6. The van der Waals surface area contributed by atoms with E-state index in [0.717, 1.165) is 0 Å². The highest BCUT2D eigenvalue weighted by atomic mass is 16.7. The highest BCUT2D eigenvalue weighted by molar-refractivity contribution is 5.72. The van der Waals surface area contributed by atoms with Crippen LogP contribution in [0.3, 0.4) is 0 Å². The number of aliphatic hydroxyl groups is 5. The third-order valence-electron chi connectivity index (χ3n) is 3.30. The van der Waals surface area contributed by atoms with Crippen molar-refractivity contribution in [1.82, 2.24) is 0 Å².